The lowest BCUT2D eigenvalue weighted by molar-refractivity contribution is 0.319. The molecule has 1 fully saturated rings. The van der Waals surface area contributed by atoms with E-state index >= 15 is 0 Å². The molecule has 26 heavy (non-hydrogen) atoms. The minimum atomic E-state index is -0.0761. The van der Waals surface area contributed by atoms with Crippen molar-refractivity contribution in [1.29, 1.82) is 5.26 Å². The molecule has 0 saturated heterocycles. The molecule has 0 aliphatic heterocycles. The van der Waals surface area contributed by atoms with E-state index in [2.05, 4.69) is 10.8 Å². The average molecular weight is 347 g/mol. The van der Waals surface area contributed by atoms with Gasteiger partial charge < -0.3 is 4.74 Å². The molecule has 1 saturated carbocycles. The predicted molar refractivity (Wildman–Crippen MR) is 101 cm³/mol. The van der Waals surface area contributed by atoms with Crippen molar-refractivity contribution in [2.45, 2.75) is 38.1 Å². The molecule has 0 atom stereocenters. The average Bonchev–Trinajstić information content (AvgIpc) is 3.00. The molecule has 1 aliphatic carbocycles. The summed E-state index contributed by atoms with van der Waals surface area (Å²) in [5.41, 5.74) is 2.15. The van der Waals surface area contributed by atoms with Crippen molar-refractivity contribution in [2.75, 3.05) is 7.11 Å². The molecule has 5 nitrogen and oxygen atoms in total. The Morgan fingerprint density at radius 3 is 2.46 bits per heavy atom. The number of nitrogens with zero attached hydrogens (tertiary/aromatic N) is 3. The van der Waals surface area contributed by atoms with Crippen LogP contribution < -0.4 is 10.3 Å². The maximum Gasteiger partial charge on any atom is 0.279 e. The number of ether oxygens (including phenoxy) is 1. The van der Waals surface area contributed by atoms with Crippen LogP contribution in [0.4, 0.5) is 0 Å². The third-order valence-electron chi connectivity index (χ3n) is 5.25. The van der Waals surface area contributed by atoms with Crippen LogP contribution in [0.1, 0.15) is 43.7 Å². The maximum absolute atomic E-state index is 13.2. The van der Waals surface area contributed by atoms with Crippen molar-refractivity contribution in [3.05, 3.63) is 58.4 Å². The molecule has 2 aromatic carbocycles. The van der Waals surface area contributed by atoms with E-state index in [9.17, 15) is 10.1 Å². The first kappa shape index (κ1) is 16.5. The van der Waals surface area contributed by atoms with Gasteiger partial charge in [0.25, 0.3) is 5.56 Å². The van der Waals surface area contributed by atoms with Crippen molar-refractivity contribution >= 4 is 10.9 Å². The number of fused-ring (bicyclic) bond motifs is 1. The Morgan fingerprint density at radius 2 is 1.81 bits per heavy atom. The van der Waals surface area contributed by atoms with E-state index in [1.807, 2.05) is 30.3 Å². The van der Waals surface area contributed by atoms with Gasteiger partial charge >= 0.3 is 0 Å². The molecular formula is C21H21N3O2. The number of benzene rings is 2. The number of nitriles is 1. The van der Waals surface area contributed by atoms with Gasteiger partial charge in [0.1, 0.15) is 5.75 Å². The first-order valence-electron chi connectivity index (χ1n) is 9.05. The fourth-order valence-corrected chi connectivity index (χ4v) is 3.95. The summed E-state index contributed by atoms with van der Waals surface area (Å²) in [6.07, 6.45) is 5.74. The number of methoxy groups -OCH3 is 1. The quantitative estimate of drug-likeness (QED) is 0.714. The number of rotatable bonds is 3. The van der Waals surface area contributed by atoms with Gasteiger partial charge in [-0.1, -0.05) is 19.3 Å². The lowest BCUT2D eigenvalue weighted by Gasteiger charge is -2.26. The highest BCUT2D eigenvalue weighted by molar-refractivity contribution is 5.81. The predicted octanol–water partition coefficient (Wildman–Crippen LogP) is 4.18. The monoisotopic (exact) mass is 347 g/mol. The fourth-order valence-electron chi connectivity index (χ4n) is 3.95. The van der Waals surface area contributed by atoms with Gasteiger partial charge in [0.2, 0.25) is 0 Å². The highest BCUT2D eigenvalue weighted by Gasteiger charge is 2.23. The normalized spacial score (nSPS) is 15.1. The van der Waals surface area contributed by atoms with Crippen LogP contribution >= 0.6 is 0 Å². The third kappa shape index (κ3) is 2.68. The molecule has 1 aliphatic rings. The number of hydrogen-bond acceptors (Lipinski definition) is 3. The first-order chi connectivity index (χ1) is 12.7. The molecule has 3 aromatic rings. The molecule has 0 radical (unpaired) electrons. The van der Waals surface area contributed by atoms with Crippen molar-refractivity contribution < 1.29 is 4.74 Å². The molecule has 0 amide bonds. The molecule has 4 rings (SSSR count). The molecule has 132 valence electrons. The Balaban J connectivity index is 1.98. The minimum absolute atomic E-state index is 0.0761. The van der Waals surface area contributed by atoms with E-state index in [-0.39, 0.29) is 5.56 Å². The standard InChI is InChI=1S/C21H21N3O2/c1-26-18-10-8-17(9-11-18)24-21(25)19-13-15(14-22)7-12-20(19)23(24)16-5-3-2-4-6-16/h7-13,16H,2-6H2,1H3. The Labute approximate surface area is 152 Å². The van der Waals surface area contributed by atoms with Crippen LogP contribution in [0.5, 0.6) is 5.75 Å². The summed E-state index contributed by atoms with van der Waals surface area (Å²) in [6, 6.07) is 15.4. The van der Waals surface area contributed by atoms with E-state index in [1.165, 1.54) is 19.3 Å². The van der Waals surface area contributed by atoms with Crippen molar-refractivity contribution in [3.63, 3.8) is 0 Å². The van der Waals surface area contributed by atoms with Crippen LogP contribution in [-0.4, -0.2) is 16.5 Å². The van der Waals surface area contributed by atoms with Gasteiger partial charge in [-0.15, -0.1) is 0 Å². The second kappa shape index (κ2) is 6.72. The molecule has 0 bridgehead atoms. The van der Waals surface area contributed by atoms with Crippen LogP contribution in [-0.2, 0) is 0 Å². The van der Waals surface area contributed by atoms with Crippen molar-refractivity contribution in [2.24, 2.45) is 0 Å². The largest absolute Gasteiger partial charge is 0.497 e. The van der Waals surface area contributed by atoms with Crippen LogP contribution in [0, 0.1) is 11.3 Å². The van der Waals surface area contributed by atoms with Gasteiger partial charge in [-0.25, -0.2) is 4.68 Å². The van der Waals surface area contributed by atoms with Gasteiger partial charge in [-0.2, -0.15) is 5.26 Å². The highest BCUT2D eigenvalue weighted by Crippen LogP contribution is 2.32. The second-order valence-corrected chi connectivity index (χ2v) is 6.80. The molecule has 0 N–H and O–H groups in total. The summed E-state index contributed by atoms with van der Waals surface area (Å²) in [4.78, 5) is 13.2. The molecule has 0 spiro atoms. The van der Waals surface area contributed by atoms with E-state index < -0.39 is 0 Å². The van der Waals surface area contributed by atoms with E-state index in [0.717, 1.165) is 29.8 Å². The van der Waals surface area contributed by atoms with Crippen LogP contribution in [0.15, 0.2) is 47.3 Å². The summed E-state index contributed by atoms with van der Waals surface area (Å²) in [5.74, 6) is 0.758. The molecule has 1 aromatic heterocycles. The van der Waals surface area contributed by atoms with Gasteiger partial charge in [-0.05, 0) is 55.3 Å². The summed E-state index contributed by atoms with van der Waals surface area (Å²) in [5, 5.41) is 9.81. The lowest BCUT2D eigenvalue weighted by Crippen LogP contribution is -2.25. The zero-order valence-corrected chi connectivity index (χ0v) is 14.8. The zero-order valence-electron chi connectivity index (χ0n) is 14.8. The van der Waals surface area contributed by atoms with E-state index in [0.29, 0.717) is 17.0 Å². The van der Waals surface area contributed by atoms with E-state index in [4.69, 9.17) is 4.74 Å². The number of aromatic nitrogens is 2. The van der Waals surface area contributed by atoms with Gasteiger partial charge in [0.15, 0.2) is 0 Å². The van der Waals surface area contributed by atoms with Gasteiger partial charge in [0, 0.05) is 0 Å². The highest BCUT2D eigenvalue weighted by atomic mass is 16.5. The topological polar surface area (TPSA) is 59.9 Å². The summed E-state index contributed by atoms with van der Waals surface area (Å²) in [6.45, 7) is 0. The zero-order chi connectivity index (χ0) is 18.1. The van der Waals surface area contributed by atoms with Crippen LogP contribution in [0.25, 0.3) is 16.6 Å². The van der Waals surface area contributed by atoms with Crippen LogP contribution in [0.2, 0.25) is 0 Å². The molecular weight excluding hydrogens is 326 g/mol. The number of hydrogen-bond donors (Lipinski definition) is 0. The van der Waals surface area contributed by atoms with Crippen molar-refractivity contribution in [3.8, 4) is 17.5 Å². The summed E-state index contributed by atoms with van der Waals surface area (Å²) < 4.78 is 9.14. The Kier molecular flexibility index (Phi) is 4.26. The van der Waals surface area contributed by atoms with Crippen LogP contribution in [0.3, 0.4) is 0 Å². The van der Waals surface area contributed by atoms with E-state index in [1.54, 1.807) is 23.9 Å². The SMILES string of the molecule is COc1ccc(-n2c(=O)c3cc(C#N)ccc3n2C2CCCCC2)cc1. The van der Waals surface area contributed by atoms with Gasteiger partial charge in [-0.3, -0.25) is 9.48 Å². The minimum Gasteiger partial charge on any atom is -0.497 e. The summed E-state index contributed by atoms with van der Waals surface area (Å²) >= 11 is 0. The second-order valence-electron chi connectivity index (χ2n) is 6.80. The fraction of sp³-hybridized carbons (Fsp3) is 0.333. The maximum atomic E-state index is 13.2. The van der Waals surface area contributed by atoms with Gasteiger partial charge in [0.05, 0.1) is 41.4 Å². The molecule has 5 heteroatoms. The Bertz CT molecular complexity index is 1030. The summed E-state index contributed by atoms with van der Waals surface area (Å²) in [7, 11) is 1.63. The molecule has 1 heterocycles. The smallest absolute Gasteiger partial charge is 0.279 e. The Hall–Kier alpha value is -3.00. The molecule has 0 unspecified atom stereocenters. The lowest BCUT2D eigenvalue weighted by atomic mass is 9.95. The third-order valence-corrected chi connectivity index (χ3v) is 5.25. The Morgan fingerprint density at radius 1 is 1.08 bits per heavy atom. The first-order valence-corrected chi connectivity index (χ1v) is 9.05. The van der Waals surface area contributed by atoms with Crippen molar-refractivity contribution in [1.82, 2.24) is 9.36 Å².